The highest BCUT2D eigenvalue weighted by Gasteiger charge is 2.20. The molecule has 0 aliphatic rings. The van der Waals surface area contributed by atoms with Crippen LogP contribution in [0, 0.1) is 6.92 Å². The Labute approximate surface area is 247 Å². The Hall–Kier alpha value is -4.35. The summed E-state index contributed by atoms with van der Waals surface area (Å²) in [6.07, 6.45) is 2.85. The summed E-state index contributed by atoms with van der Waals surface area (Å²) in [5, 5.41) is 27.2. The van der Waals surface area contributed by atoms with Gasteiger partial charge in [-0.05, 0) is 68.5 Å². The molecule has 6 rings (SSSR count). The van der Waals surface area contributed by atoms with Crippen LogP contribution >= 0.6 is 27.3 Å². The number of halogens is 1. The van der Waals surface area contributed by atoms with Crippen LogP contribution in [0.2, 0.25) is 0 Å². The van der Waals surface area contributed by atoms with Crippen LogP contribution in [-0.4, -0.2) is 41.3 Å². The Morgan fingerprint density at radius 2 is 2.00 bits per heavy atom. The number of aliphatic carboxylic acids is 1. The van der Waals surface area contributed by atoms with Crippen molar-refractivity contribution in [3.8, 4) is 22.7 Å². The number of H-pyrrole nitrogens is 1. The second kappa shape index (κ2) is 11.3. The van der Waals surface area contributed by atoms with E-state index < -0.39 is 5.97 Å². The zero-order valence-electron chi connectivity index (χ0n) is 22.3. The number of aryl methyl sites for hydroxylation is 2. The van der Waals surface area contributed by atoms with Gasteiger partial charge in [-0.1, -0.05) is 43.3 Å². The molecule has 0 aliphatic heterocycles. The first-order chi connectivity index (χ1) is 19.9. The van der Waals surface area contributed by atoms with Gasteiger partial charge < -0.3 is 14.1 Å². The lowest BCUT2D eigenvalue weighted by molar-refractivity contribution is -0.132. The Morgan fingerprint density at radius 1 is 1.17 bits per heavy atom. The molecule has 4 heterocycles. The molecule has 41 heavy (non-hydrogen) atoms. The maximum Gasteiger partial charge on any atom is 0.332 e. The third-order valence-corrected chi connectivity index (χ3v) is 8.58. The Kier molecular flexibility index (Phi) is 7.38. The van der Waals surface area contributed by atoms with E-state index in [0.717, 1.165) is 60.6 Å². The molecule has 0 amide bonds. The van der Waals surface area contributed by atoms with E-state index in [-0.39, 0.29) is 0 Å². The Balaban J connectivity index is 1.39. The highest BCUT2D eigenvalue weighted by molar-refractivity contribution is 9.10. The fraction of sp³-hybridized carbons (Fsp3) is 0.167. The van der Waals surface area contributed by atoms with Gasteiger partial charge in [-0.15, -0.1) is 16.4 Å². The molecule has 0 fully saturated rings. The van der Waals surface area contributed by atoms with Gasteiger partial charge in [0.1, 0.15) is 17.2 Å². The molecule has 0 saturated heterocycles. The van der Waals surface area contributed by atoms with Crippen LogP contribution in [0.4, 0.5) is 0 Å². The zero-order valence-corrected chi connectivity index (χ0v) is 24.7. The molecule has 0 unspecified atom stereocenters. The summed E-state index contributed by atoms with van der Waals surface area (Å²) in [6.45, 7) is 4.51. The van der Waals surface area contributed by atoms with Gasteiger partial charge in [-0.25, -0.2) is 14.9 Å². The van der Waals surface area contributed by atoms with Gasteiger partial charge in [0.25, 0.3) is 0 Å². The number of fused-ring (bicyclic) bond motifs is 1. The summed E-state index contributed by atoms with van der Waals surface area (Å²) in [5.41, 5.74) is 5.40. The van der Waals surface area contributed by atoms with E-state index in [2.05, 4.69) is 54.1 Å². The summed E-state index contributed by atoms with van der Waals surface area (Å²) in [6, 6.07) is 17.8. The first-order valence-electron chi connectivity index (χ1n) is 13.0. The van der Waals surface area contributed by atoms with Crippen molar-refractivity contribution in [1.82, 2.24) is 30.2 Å². The molecule has 0 aliphatic carbocycles. The molecule has 0 radical (unpaired) electrons. The highest BCUT2D eigenvalue weighted by Crippen LogP contribution is 2.41. The molecule has 2 N–H and O–H groups in total. The van der Waals surface area contributed by atoms with Gasteiger partial charge >= 0.3 is 5.97 Å². The molecule has 0 spiro atoms. The molecule has 0 bridgehead atoms. The summed E-state index contributed by atoms with van der Waals surface area (Å²) in [4.78, 5) is 17.9. The lowest BCUT2D eigenvalue weighted by Crippen LogP contribution is -2.09. The van der Waals surface area contributed by atoms with Gasteiger partial charge in [0.15, 0.2) is 5.82 Å². The van der Waals surface area contributed by atoms with Crippen LogP contribution in [0.25, 0.3) is 39.8 Å². The molecule has 0 saturated carbocycles. The van der Waals surface area contributed by atoms with Gasteiger partial charge in [-0.3, -0.25) is 0 Å². The van der Waals surface area contributed by atoms with Crippen molar-refractivity contribution in [3.63, 3.8) is 0 Å². The van der Waals surface area contributed by atoms with Crippen LogP contribution in [0.1, 0.15) is 34.6 Å². The number of aromatic amines is 1. The lowest BCUT2D eigenvalue weighted by atomic mass is 10.0. The van der Waals surface area contributed by atoms with Gasteiger partial charge in [0.05, 0.1) is 15.9 Å². The monoisotopic (exact) mass is 628 g/mol. The fourth-order valence-corrected chi connectivity index (χ4v) is 6.29. The number of nitrogens with one attached hydrogen (secondary N) is 1. The second-order valence-corrected chi connectivity index (χ2v) is 11.4. The first kappa shape index (κ1) is 26.9. The Bertz CT molecular complexity index is 1890. The molecule has 6 aromatic rings. The van der Waals surface area contributed by atoms with E-state index in [0.29, 0.717) is 30.1 Å². The lowest BCUT2D eigenvalue weighted by Gasteiger charge is -2.11. The first-order valence-corrected chi connectivity index (χ1v) is 14.7. The third kappa shape index (κ3) is 5.25. The maximum absolute atomic E-state index is 12.2. The predicted molar refractivity (Wildman–Crippen MR) is 162 cm³/mol. The number of nitrogens with zero attached hydrogens (tertiary/aromatic N) is 5. The van der Waals surface area contributed by atoms with Gasteiger partial charge in [-0.2, -0.15) is 0 Å². The second-order valence-electron chi connectivity index (χ2n) is 9.54. The quantitative estimate of drug-likeness (QED) is 0.166. The number of hydrogen-bond acceptors (Lipinski definition) is 7. The summed E-state index contributed by atoms with van der Waals surface area (Å²) >= 11 is 5.33. The SMILES string of the molecule is CCc1nc(C)c(/C=C(\Cc2cccs2)C(=O)O)n1Cc1ccc2oc(-c3ccccc3-c3nnn[nH]3)c(Br)c2c1. The number of benzene rings is 2. The smallest absolute Gasteiger partial charge is 0.332 e. The average Bonchev–Trinajstić information content (AvgIpc) is 3.78. The minimum Gasteiger partial charge on any atom is -0.478 e. The van der Waals surface area contributed by atoms with Crippen LogP contribution in [-0.2, 0) is 24.2 Å². The number of imidazole rings is 1. The van der Waals surface area contributed by atoms with Crippen molar-refractivity contribution in [2.75, 3.05) is 0 Å². The summed E-state index contributed by atoms with van der Waals surface area (Å²) < 4.78 is 9.24. The minimum absolute atomic E-state index is 0.331. The number of aromatic nitrogens is 6. The molecule has 206 valence electrons. The number of carbonyl (C=O) groups is 1. The number of carboxylic acid groups (broad SMARTS) is 1. The highest BCUT2D eigenvalue weighted by atomic mass is 79.9. The van der Waals surface area contributed by atoms with E-state index in [1.807, 2.05) is 60.8 Å². The van der Waals surface area contributed by atoms with Crippen LogP contribution < -0.4 is 0 Å². The number of hydrogen-bond donors (Lipinski definition) is 2. The largest absolute Gasteiger partial charge is 0.478 e. The molecule has 11 heteroatoms. The maximum atomic E-state index is 12.2. The average molecular weight is 630 g/mol. The topological polar surface area (TPSA) is 123 Å². The van der Waals surface area contributed by atoms with Crippen molar-refractivity contribution in [2.45, 2.75) is 33.2 Å². The zero-order chi connectivity index (χ0) is 28.5. The van der Waals surface area contributed by atoms with E-state index in [1.54, 1.807) is 17.4 Å². The number of furan rings is 1. The van der Waals surface area contributed by atoms with E-state index in [4.69, 9.17) is 9.40 Å². The van der Waals surface area contributed by atoms with Gasteiger partial charge in [0.2, 0.25) is 0 Å². The van der Waals surface area contributed by atoms with Crippen molar-refractivity contribution >= 4 is 50.3 Å². The van der Waals surface area contributed by atoms with Crippen molar-refractivity contribution < 1.29 is 14.3 Å². The third-order valence-electron chi connectivity index (χ3n) is 6.92. The van der Waals surface area contributed by atoms with Crippen molar-refractivity contribution in [3.05, 3.63) is 97.7 Å². The summed E-state index contributed by atoms with van der Waals surface area (Å²) in [7, 11) is 0. The molecule has 2 aromatic carbocycles. The normalized spacial score (nSPS) is 11.9. The van der Waals surface area contributed by atoms with Crippen LogP contribution in [0.15, 0.2) is 74.4 Å². The van der Waals surface area contributed by atoms with E-state index in [1.165, 1.54) is 0 Å². The van der Waals surface area contributed by atoms with Crippen molar-refractivity contribution in [2.24, 2.45) is 0 Å². The number of tetrazole rings is 1. The number of thiophene rings is 1. The van der Waals surface area contributed by atoms with Crippen LogP contribution in [0.5, 0.6) is 0 Å². The molecular weight excluding hydrogens is 604 g/mol. The number of rotatable bonds is 9. The molecule has 0 atom stereocenters. The Morgan fingerprint density at radius 3 is 2.71 bits per heavy atom. The predicted octanol–water partition coefficient (Wildman–Crippen LogP) is 6.93. The summed E-state index contributed by atoms with van der Waals surface area (Å²) in [5.74, 6) is 1.20. The molecule has 9 nitrogen and oxygen atoms in total. The van der Waals surface area contributed by atoms with E-state index in [9.17, 15) is 9.90 Å². The minimum atomic E-state index is -0.929. The van der Waals surface area contributed by atoms with E-state index >= 15 is 0 Å². The molecule has 4 aromatic heterocycles. The molecular formula is C30H25BrN6O3S. The standard InChI is InChI=1S/C30H25BrN6O3S/c1-3-26-32-17(2)24(15-19(30(38)39)14-20-7-6-12-41-20)37(26)16-18-10-11-25-23(13-18)27(31)28(40-25)21-8-4-5-9-22(21)29-33-35-36-34-29/h4-13,15H,3,14,16H2,1-2H3,(H,38,39)(H,33,34,35,36)/b19-15+. The van der Waals surface area contributed by atoms with Gasteiger partial charge in [0, 0.05) is 46.3 Å². The van der Waals surface area contributed by atoms with Crippen molar-refractivity contribution in [1.29, 1.82) is 0 Å². The fourth-order valence-electron chi connectivity index (χ4n) is 4.96. The number of carboxylic acids is 1. The van der Waals surface area contributed by atoms with Crippen LogP contribution in [0.3, 0.4) is 0 Å².